The van der Waals surface area contributed by atoms with Crippen molar-refractivity contribution in [2.75, 3.05) is 37.8 Å². The zero-order valence-electron chi connectivity index (χ0n) is 11.4. The normalized spacial score (nSPS) is 25.7. The van der Waals surface area contributed by atoms with E-state index >= 15 is 0 Å². The lowest BCUT2D eigenvalue weighted by Gasteiger charge is -2.16. The molecular weight excluding hydrogens is 260 g/mol. The molecule has 1 aromatic heterocycles. The lowest BCUT2D eigenvalue weighted by molar-refractivity contribution is 0.0786. The van der Waals surface area contributed by atoms with Crippen LogP contribution < -0.4 is 10.6 Å². The minimum atomic E-state index is 0.0671. The van der Waals surface area contributed by atoms with Gasteiger partial charge in [0, 0.05) is 27.2 Å². The largest absolute Gasteiger partial charge is 0.382 e. The minimum Gasteiger partial charge on any atom is -0.382 e. The van der Waals surface area contributed by atoms with E-state index in [1.165, 1.54) is 30.6 Å². The molecule has 0 radical (unpaired) electrons. The molecular formula is C13H20N4OS. The van der Waals surface area contributed by atoms with Crippen molar-refractivity contribution in [1.29, 1.82) is 0 Å². The number of nitrogens with zero attached hydrogens (tertiary/aromatic N) is 3. The zero-order valence-corrected chi connectivity index (χ0v) is 12.2. The van der Waals surface area contributed by atoms with Crippen LogP contribution in [0.5, 0.6) is 0 Å². The summed E-state index contributed by atoms with van der Waals surface area (Å²) in [4.78, 5) is 21.2. The Morgan fingerprint density at radius 2 is 2.00 bits per heavy atom. The summed E-state index contributed by atoms with van der Waals surface area (Å²) in [7, 11) is 3.82. The number of rotatable bonds is 2. The number of hydrogen-bond donors (Lipinski definition) is 1. The predicted molar refractivity (Wildman–Crippen MR) is 77.6 cm³/mol. The average molecular weight is 280 g/mol. The van der Waals surface area contributed by atoms with Crippen molar-refractivity contribution in [3.63, 3.8) is 0 Å². The van der Waals surface area contributed by atoms with Gasteiger partial charge in [0.25, 0.3) is 5.91 Å². The molecule has 1 aliphatic carbocycles. The number of carbonyl (C=O) groups is 1. The highest BCUT2D eigenvalue weighted by atomic mass is 32.1. The van der Waals surface area contributed by atoms with Crippen LogP contribution in [0.4, 0.5) is 10.9 Å². The summed E-state index contributed by atoms with van der Waals surface area (Å²) in [6.45, 7) is 1.80. The van der Waals surface area contributed by atoms with Crippen molar-refractivity contribution in [3.8, 4) is 0 Å². The minimum absolute atomic E-state index is 0.0671. The molecule has 1 aromatic rings. The SMILES string of the molecule is CN(C)c1nc(N)c(C(=O)N2CC3CCCC3C2)s1. The van der Waals surface area contributed by atoms with Gasteiger partial charge in [0.05, 0.1) is 0 Å². The summed E-state index contributed by atoms with van der Waals surface area (Å²) >= 11 is 1.39. The van der Waals surface area contributed by atoms with Crippen molar-refractivity contribution >= 4 is 28.2 Å². The first-order valence-electron chi connectivity index (χ1n) is 6.79. The number of carbonyl (C=O) groups excluding carboxylic acids is 1. The van der Waals surface area contributed by atoms with E-state index in [1.807, 2.05) is 23.9 Å². The fourth-order valence-corrected chi connectivity index (χ4v) is 4.08. The van der Waals surface area contributed by atoms with Crippen LogP contribution in [0.25, 0.3) is 0 Å². The lowest BCUT2D eigenvalue weighted by Crippen LogP contribution is -2.29. The van der Waals surface area contributed by atoms with E-state index < -0.39 is 0 Å². The Bertz CT molecular complexity index is 487. The maximum Gasteiger partial charge on any atom is 0.267 e. The Labute approximate surface area is 117 Å². The van der Waals surface area contributed by atoms with Gasteiger partial charge >= 0.3 is 0 Å². The predicted octanol–water partition coefficient (Wildman–Crippen LogP) is 1.66. The molecule has 2 aliphatic rings. The van der Waals surface area contributed by atoms with Crippen LogP contribution >= 0.6 is 11.3 Å². The van der Waals surface area contributed by atoms with E-state index in [0.29, 0.717) is 22.5 Å². The van der Waals surface area contributed by atoms with Crippen LogP contribution in [-0.2, 0) is 0 Å². The van der Waals surface area contributed by atoms with Crippen LogP contribution in [-0.4, -0.2) is 43.0 Å². The zero-order chi connectivity index (χ0) is 13.6. The molecule has 6 heteroatoms. The Morgan fingerprint density at radius 3 is 2.53 bits per heavy atom. The van der Waals surface area contributed by atoms with Crippen molar-refractivity contribution < 1.29 is 4.79 Å². The number of nitrogens with two attached hydrogens (primary N) is 1. The summed E-state index contributed by atoms with van der Waals surface area (Å²) in [5.74, 6) is 1.87. The van der Waals surface area contributed by atoms with Crippen LogP contribution in [0.3, 0.4) is 0 Å². The summed E-state index contributed by atoms with van der Waals surface area (Å²) in [5.41, 5.74) is 5.89. The van der Waals surface area contributed by atoms with E-state index in [-0.39, 0.29) is 5.91 Å². The van der Waals surface area contributed by atoms with Gasteiger partial charge in [0.2, 0.25) is 0 Å². The molecule has 2 atom stereocenters. The molecule has 0 bridgehead atoms. The summed E-state index contributed by atoms with van der Waals surface area (Å²) in [6, 6.07) is 0. The molecule has 1 saturated heterocycles. The average Bonchev–Trinajstić information content (AvgIpc) is 3.00. The Morgan fingerprint density at radius 1 is 1.37 bits per heavy atom. The standard InChI is InChI=1S/C13H20N4OS/c1-16(2)13-15-11(14)10(19-13)12(18)17-6-8-4-3-5-9(8)7-17/h8-9H,3-7,14H2,1-2H3. The van der Waals surface area contributed by atoms with Gasteiger partial charge in [-0.25, -0.2) is 4.98 Å². The number of hydrogen-bond acceptors (Lipinski definition) is 5. The molecule has 1 saturated carbocycles. The van der Waals surface area contributed by atoms with Crippen molar-refractivity contribution in [3.05, 3.63) is 4.88 Å². The number of fused-ring (bicyclic) bond motifs is 1. The molecule has 0 spiro atoms. The van der Waals surface area contributed by atoms with Crippen LogP contribution in [0, 0.1) is 11.8 Å². The lowest BCUT2D eigenvalue weighted by atomic mass is 10.0. The van der Waals surface area contributed by atoms with Gasteiger partial charge in [-0.2, -0.15) is 0 Å². The van der Waals surface area contributed by atoms with Crippen LogP contribution in [0.1, 0.15) is 28.9 Å². The quantitative estimate of drug-likeness (QED) is 0.895. The maximum atomic E-state index is 12.5. The highest BCUT2D eigenvalue weighted by molar-refractivity contribution is 7.18. The third-order valence-electron chi connectivity index (χ3n) is 4.23. The fourth-order valence-electron chi connectivity index (χ4n) is 3.21. The first-order valence-corrected chi connectivity index (χ1v) is 7.61. The molecule has 1 amide bonds. The molecule has 1 aliphatic heterocycles. The van der Waals surface area contributed by atoms with E-state index in [1.54, 1.807) is 0 Å². The molecule has 2 N–H and O–H groups in total. The van der Waals surface area contributed by atoms with Gasteiger partial charge < -0.3 is 15.5 Å². The Balaban J connectivity index is 1.77. The van der Waals surface area contributed by atoms with E-state index in [9.17, 15) is 4.79 Å². The highest BCUT2D eigenvalue weighted by Gasteiger charge is 2.39. The number of thiazole rings is 1. The molecule has 0 aromatic carbocycles. The van der Waals surface area contributed by atoms with E-state index in [4.69, 9.17) is 5.73 Å². The van der Waals surface area contributed by atoms with Gasteiger partial charge in [-0.05, 0) is 24.7 Å². The molecule has 3 rings (SSSR count). The maximum absolute atomic E-state index is 12.5. The van der Waals surface area contributed by atoms with Crippen LogP contribution in [0.2, 0.25) is 0 Å². The second kappa shape index (κ2) is 4.67. The third kappa shape index (κ3) is 2.18. The first kappa shape index (κ1) is 12.7. The molecule has 2 unspecified atom stereocenters. The van der Waals surface area contributed by atoms with Crippen LogP contribution in [0.15, 0.2) is 0 Å². The summed E-state index contributed by atoms with van der Waals surface area (Å²) in [6.07, 6.45) is 3.87. The first-order chi connectivity index (χ1) is 9.06. The molecule has 104 valence electrons. The van der Waals surface area contributed by atoms with Gasteiger partial charge in [-0.3, -0.25) is 4.79 Å². The molecule has 5 nitrogen and oxygen atoms in total. The van der Waals surface area contributed by atoms with Gasteiger partial charge in [0.15, 0.2) is 5.13 Å². The van der Waals surface area contributed by atoms with Gasteiger partial charge in [0.1, 0.15) is 10.7 Å². The topological polar surface area (TPSA) is 62.5 Å². The van der Waals surface area contributed by atoms with Crippen molar-refractivity contribution in [2.45, 2.75) is 19.3 Å². The number of likely N-dealkylation sites (tertiary alicyclic amines) is 1. The molecule has 19 heavy (non-hydrogen) atoms. The number of nitrogen functional groups attached to an aromatic ring is 1. The number of aromatic nitrogens is 1. The number of anilines is 2. The van der Waals surface area contributed by atoms with Gasteiger partial charge in [-0.15, -0.1) is 0 Å². The molecule has 2 fully saturated rings. The second-order valence-corrected chi connectivity index (χ2v) is 6.74. The highest BCUT2D eigenvalue weighted by Crippen LogP contribution is 2.39. The summed E-state index contributed by atoms with van der Waals surface area (Å²) < 4.78 is 0. The van der Waals surface area contributed by atoms with E-state index in [0.717, 1.165) is 18.2 Å². The fraction of sp³-hybridized carbons (Fsp3) is 0.692. The Hall–Kier alpha value is -1.30. The third-order valence-corrected chi connectivity index (χ3v) is 5.46. The van der Waals surface area contributed by atoms with Crippen molar-refractivity contribution in [1.82, 2.24) is 9.88 Å². The smallest absolute Gasteiger partial charge is 0.267 e. The summed E-state index contributed by atoms with van der Waals surface area (Å²) in [5, 5.41) is 0.792. The van der Waals surface area contributed by atoms with Crippen molar-refractivity contribution in [2.24, 2.45) is 11.8 Å². The second-order valence-electron chi connectivity index (χ2n) is 5.77. The van der Waals surface area contributed by atoms with Gasteiger partial charge in [-0.1, -0.05) is 17.8 Å². The monoisotopic (exact) mass is 280 g/mol. The number of amides is 1. The molecule has 2 heterocycles. The van der Waals surface area contributed by atoms with E-state index in [2.05, 4.69) is 4.98 Å². The Kier molecular flexibility index (Phi) is 3.12.